The van der Waals surface area contributed by atoms with Gasteiger partial charge in [0.25, 0.3) is 0 Å². The van der Waals surface area contributed by atoms with Crippen molar-refractivity contribution in [1.29, 1.82) is 0 Å². The maximum Gasteiger partial charge on any atom is 0.174 e. The summed E-state index contributed by atoms with van der Waals surface area (Å²) in [5.74, 6) is 0.362. The van der Waals surface area contributed by atoms with Crippen LogP contribution in [0.15, 0.2) is 30.3 Å². The van der Waals surface area contributed by atoms with Gasteiger partial charge >= 0.3 is 0 Å². The average Bonchev–Trinajstić information content (AvgIpc) is 2.69. The Morgan fingerprint density at radius 2 is 1.94 bits per heavy atom. The van der Waals surface area contributed by atoms with Crippen LogP contribution in [0, 0.1) is 0 Å². The van der Waals surface area contributed by atoms with Gasteiger partial charge < -0.3 is 10.2 Å². The third-order valence-electron chi connectivity index (χ3n) is 3.22. The number of thiocarbonyl (C=S) groups is 1. The molecule has 1 N–H and O–H groups in total. The Morgan fingerprint density at radius 3 is 2.65 bits per heavy atom. The van der Waals surface area contributed by atoms with Gasteiger partial charge in [0, 0.05) is 5.69 Å². The Labute approximate surface area is 106 Å². The second kappa shape index (κ2) is 3.68. The van der Waals surface area contributed by atoms with Gasteiger partial charge in [-0.25, -0.2) is 8.42 Å². The van der Waals surface area contributed by atoms with Gasteiger partial charge in [0.15, 0.2) is 14.9 Å². The second-order valence-electron chi connectivity index (χ2n) is 4.41. The zero-order chi connectivity index (χ0) is 12.0. The number of nitrogens with one attached hydrogen (secondary N) is 1. The number of sulfone groups is 1. The molecule has 3 rings (SSSR count). The van der Waals surface area contributed by atoms with Gasteiger partial charge in [-0.3, -0.25) is 0 Å². The van der Waals surface area contributed by atoms with Gasteiger partial charge in [-0.1, -0.05) is 18.2 Å². The molecule has 17 heavy (non-hydrogen) atoms. The zero-order valence-corrected chi connectivity index (χ0v) is 10.7. The van der Waals surface area contributed by atoms with Crippen molar-refractivity contribution in [3.63, 3.8) is 0 Å². The second-order valence-corrected chi connectivity index (χ2v) is 6.95. The van der Waals surface area contributed by atoms with E-state index in [2.05, 4.69) is 5.32 Å². The molecule has 90 valence electrons. The van der Waals surface area contributed by atoms with Crippen LogP contribution >= 0.6 is 12.2 Å². The Bertz CT molecular complexity index is 556. The lowest BCUT2D eigenvalue weighted by atomic mass is 10.1. The molecule has 0 saturated carbocycles. The predicted molar refractivity (Wildman–Crippen MR) is 70.9 cm³/mol. The van der Waals surface area contributed by atoms with Crippen LogP contribution in [0.5, 0.6) is 0 Å². The molecule has 2 atom stereocenters. The highest BCUT2D eigenvalue weighted by Gasteiger charge is 2.47. The minimum absolute atomic E-state index is 0.0603. The van der Waals surface area contributed by atoms with Gasteiger partial charge in [-0.15, -0.1) is 0 Å². The van der Waals surface area contributed by atoms with E-state index in [1.165, 1.54) is 0 Å². The average molecular weight is 268 g/mol. The highest BCUT2D eigenvalue weighted by Crippen LogP contribution is 2.29. The van der Waals surface area contributed by atoms with Crippen molar-refractivity contribution in [2.45, 2.75) is 12.1 Å². The molecule has 1 aromatic carbocycles. The third-order valence-corrected chi connectivity index (χ3v) is 5.25. The van der Waals surface area contributed by atoms with Crippen molar-refractivity contribution in [3.8, 4) is 0 Å². The van der Waals surface area contributed by atoms with Gasteiger partial charge in [0.1, 0.15) is 0 Å². The van der Waals surface area contributed by atoms with Crippen LogP contribution in [0.2, 0.25) is 0 Å². The van der Waals surface area contributed by atoms with Crippen LogP contribution in [-0.2, 0) is 9.84 Å². The number of rotatable bonds is 1. The minimum Gasteiger partial charge on any atom is -0.356 e. The molecule has 2 heterocycles. The molecule has 0 radical (unpaired) electrons. The van der Waals surface area contributed by atoms with E-state index >= 15 is 0 Å². The molecule has 0 aliphatic carbocycles. The molecule has 6 heteroatoms. The molecule has 0 bridgehead atoms. The first-order chi connectivity index (χ1) is 8.07. The fourth-order valence-corrected chi connectivity index (χ4v) is 4.78. The van der Waals surface area contributed by atoms with Gasteiger partial charge in [-0.2, -0.15) is 0 Å². The fraction of sp³-hybridized carbons (Fsp3) is 0.364. The predicted octanol–water partition coefficient (Wildman–Crippen LogP) is 0.547. The van der Waals surface area contributed by atoms with Crippen LogP contribution < -0.4 is 10.2 Å². The lowest BCUT2D eigenvalue weighted by Gasteiger charge is -2.23. The molecule has 2 fully saturated rings. The van der Waals surface area contributed by atoms with Gasteiger partial charge in [-0.05, 0) is 24.4 Å². The van der Waals surface area contributed by atoms with Crippen molar-refractivity contribution in [2.75, 3.05) is 16.4 Å². The van der Waals surface area contributed by atoms with E-state index in [0.29, 0.717) is 5.11 Å². The summed E-state index contributed by atoms with van der Waals surface area (Å²) < 4.78 is 23.2. The maximum atomic E-state index is 11.6. The number of fused-ring (bicyclic) bond motifs is 1. The molecule has 2 aliphatic heterocycles. The molecule has 2 aliphatic rings. The maximum absolute atomic E-state index is 11.6. The number of benzene rings is 1. The summed E-state index contributed by atoms with van der Waals surface area (Å²) in [6, 6.07) is 9.55. The van der Waals surface area contributed by atoms with Crippen molar-refractivity contribution in [1.82, 2.24) is 5.32 Å². The first-order valence-corrected chi connectivity index (χ1v) is 7.65. The molecule has 0 aromatic heterocycles. The van der Waals surface area contributed by atoms with E-state index in [1.54, 1.807) is 0 Å². The molecular formula is C11H12N2O2S2. The Kier molecular flexibility index (Phi) is 2.38. The first-order valence-electron chi connectivity index (χ1n) is 5.42. The molecule has 0 amide bonds. The zero-order valence-electron chi connectivity index (χ0n) is 9.04. The summed E-state index contributed by atoms with van der Waals surface area (Å²) in [5.41, 5.74) is 0.953. The SMILES string of the molecule is O=S1(=O)C[C@@H]2NC(=S)N(c3ccccc3)[C@@H]2C1. The fourth-order valence-electron chi connectivity index (χ4n) is 2.50. The Hall–Kier alpha value is -1.14. The lowest BCUT2D eigenvalue weighted by Crippen LogP contribution is -2.36. The topological polar surface area (TPSA) is 49.4 Å². The van der Waals surface area contributed by atoms with E-state index in [4.69, 9.17) is 12.2 Å². The number of anilines is 1. The van der Waals surface area contributed by atoms with Crippen molar-refractivity contribution >= 4 is 32.9 Å². The van der Waals surface area contributed by atoms with Crippen LogP contribution in [0.1, 0.15) is 0 Å². The quantitative estimate of drug-likeness (QED) is 0.754. The Balaban J connectivity index is 1.98. The summed E-state index contributed by atoms with van der Waals surface area (Å²) in [7, 11) is -2.93. The molecule has 0 spiro atoms. The number of hydrogen-bond acceptors (Lipinski definition) is 3. The van der Waals surface area contributed by atoms with Gasteiger partial charge in [0.05, 0.1) is 23.6 Å². The van der Waals surface area contributed by atoms with Crippen LogP contribution in [0.4, 0.5) is 5.69 Å². The van der Waals surface area contributed by atoms with Crippen molar-refractivity contribution in [3.05, 3.63) is 30.3 Å². The monoisotopic (exact) mass is 268 g/mol. The normalized spacial score (nSPS) is 30.1. The summed E-state index contributed by atoms with van der Waals surface area (Å²) in [6.07, 6.45) is 0. The smallest absolute Gasteiger partial charge is 0.174 e. The number of para-hydroxylation sites is 1. The summed E-state index contributed by atoms with van der Waals surface area (Å²) >= 11 is 5.27. The van der Waals surface area contributed by atoms with E-state index in [9.17, 15) is 8.42 Å². The van der Waals surface area contributed by atoms with Crippen LogP contribution in [-0.4, -0.2) is 37.1 Å². The highest BCUT2D eigenvalue weighted by molar-refractivity contribution is 7.91. The van der Waals surface area contributed by atoms with Crippen molar-refractivity contribution < 1.29 is 8.42 Å². The van der Waals surface area contributed by atoms with E-state index in [-0.39, 0.29) is 23.6 Å². The number of hydrogen-bond donors (Lipinski definition) is 1. The van der Waals surface area contributed by atoms with E-state index in [0.717, 1.165) is 5.69 Å². The molecule has 2 saturated heterocycles. The molecular weight excluding hydrogens is 256 g/mol. The summed E-state index contributed by atoms with van der Waals surface area (Å²) in [6.45, 7) is 0. The van der Waals surface area contributed by atoms with Crippen LogP contribution in [0.3, 0.4) is 0 Å². The third kappa shape index (κ3) is 1.81. The first kappa shape index (κ1) is 11.0. The molecule has 4 nitrogen and oxygen atoms in total. The van der Waals surface area contributed by atoms with Gasteiger partial charge in [0.2, 0.25) is 0 Å². The lowest BCUT2D eigenvalue weighted by molar-refractivity contribution is 0.600. The standard InChI is InChI=1S/C11H12N2O2S2/c14-17(15)6-9-10(7-17)13(11(16)12-9)8-4-2-1-3-5-8/h1-5,9-10H,6-7H2,(H,12,16)/t9-,10+/m0/s1. The molecule has 1 aromatic rings. The van der Waals surface area contributed by atoms with E-state index < -0.39 is 9.84 Å². The Morgan fingerprint density at radius 1 is 1.24 bits per heavy atom. The minimum atomic E-state index is -2.93. The van der Waals surface area contributed by atoms with E-state index in [1.807, 2.05) is 35.2 Å². The largest absolute Gasteiger partial charge is 0.356 e. The highest BCUT2D eigenvalue weighted by atomic mass is 32.2. The summed E-state index contributed by atoms with van der Waals surface area (Å²) in [4.78, 5) is 1.92. The van der Waals surface area contributed by atoms with Crippen molar-refractivity contribution in [2.24, 2.45) is 0 Å². The number of nitrogens with zero attached hydrogens (tertiary/aromatic N) is 1. The summed E-state index contributed by atoms with van der Waals surface area (Å²) in [5, 5.41) is 3.72. The molecule has 0 unspecified atom stereocenters. The van der Waals surface area contributed by atoms with Crippen LogP contribution in [0.25, 0.3) is 0 Å².